The molecule has 0 aliphatic heterocycles. The average Bonchev–Trinajstić information content (AvgIpc) is 2.48. The SMILES string of the molecule is O=C(/C=C/c1ccccc1)NC(=S)Nc1ccc(Cl)nc1. The molecule has 2 rings (SSSR count). The summed E-state index contributed by atoms with van der Waals surface area (Å²) in [5.74, 6) is -0.307. The summed E-state index contributed by atoms with van der Waals surface area (Å²) in [7, 11) is 0. The number of hydrogen-bond donors (Lipinski definition) is 2. The predicted molar refractivity (Wildman–Crippen MR) is 89.1 cm³/mol. The molecule has 1 aromatic carbocycles. The van der Waals surface area contributed by atoms with Gasteiger partial charge in [0.25, 0.3) is 0 Å². The van der Waals surface area contributed by atoms with Gasteiger partial charge in [-0.3, -0.25) is 10.1 Å². The monoisotopic (exact) mass is 317 g/mol. The van der Waals surface area contributed by atoms with Crippen LogP contribution >= 0.6 is 23.8 Å². The van der Waals surface area contributed by atoms with Crippen LogP contribution in [0, 0.1) is 0 Å². The molecule has 2 aromatic rings. The highest BCUT2D eigenvalue weighted by atomic mass is 35.5. The number of anilines is 1. The van der Waals surface area contributed by atoms with Crippen molar-refractivity contribution in [3.05, 3.63) is 65.5 Å². The standard InChI is InChI=1S/C15H12ClN3OS/c16-13-8-7-12(10-17-13)18-15(21)19-14(20)9-6-11-4-2-1-3-5-11/h1-10H,(H2,18,19,20,21)/b9-6+. The third kappa shape index (κ3) is 5.33. The topological polar surface area (TPSA) is 54.0 Å². The van der Waals surface area contributed by atoms with Crippen LogP contribution in [0.4, 0.5) is 5.69 Å². The highest BCUT2D eigenvalue weighted by Crippen LogP contribution is 2.09. The Morgan fingerprint density at radius 2 is 1.95 bits per heavy atom. The molecule has 1 amide bonds. The third-order valence-corrected chi connectivity index (χ3v) is 2.88. The molecule has 1 heterocycles. The number of hydrogen-bond acceptors (Lipinski definition) is 3. The van der Waals surface area contributed by atoms with Crippen LogP contribution < -0.4 is 10.6 Å². The zero-order chi connectivity index (χ0) is 15.1. The molecule has 0 saturated carbocycles. The number of amides is 1. The lowest BCUT2D eigenvalue weighted by Gasteiger charge is -2.07. The van der Waals surface area contributed by atoms with Gasteiger partial charge in [0.1, 0.15) is 5.15 Å². The van der Waals surface area contributed by atoms with Gasteiger partial charge in [0.2, 0.25) is 5.91 Å². The zero-order valence-electron chi connectivity index (χ0n) is 10.9. The van der Waals surface area contributed by atoms with E-state index in [0.717, 1.165) is 5.56 Å². The second-order valence-electron chi connectivity index (χ2n) is 4.06. The second-order valence-corrected chi connectivity index (χ2v) is 4.85. The van der Waals surface area contributed by atoms with Gasteiger partial charge < -0.3 is 5.32 Å². The summed E-state index contributed by atoms with van der Waals surface area (Å²) in [5.41, 5.74) is 1.59. The van der Waals surface area contributed by atoms with E-state index in [2.05, 4.69) is 15.6 Å². The number of pyridine rings is 1. The molecule has 6 heteroatoms. The molecule has 4 nitrogen and oxygen atoms in total. The van der Waals surface area contributed by atoms with E-state index in [9.17, 15) is 4.79 Å². The quantitative estimate of drug-likeness (QED) is 0.518. The van der Waals surface area contributed by atoms with Crippen LogP contribution in [0.25, 0.3) is 6.08 Å². The first-order valence-electron chi connectivity index (χ1n) is 6.10. The lowest BCUT2D eigenvalue weighted by Crippen LogP contribution is -2.32. The maximum Gasteiger partial charge on any atom is 0.250 e. The van der Waals surface area contributed by atoms with Crippen molar-refractivity contribution in [3.63, 3.8) is 0 Å². The van der Waals surface area contributed by atoms with Crippen molar-refractivity contribution in [3.8, 4) is 0 Å². The molecule has 106 valence electrons. The largest absolute Gasteiger partial charge is 0.331 e. The molecule has 0 aliphatic rings. The molecular formula is C15H12ClN3OS. The van der Waals surface area contributed by atoms with Gasteiger partial charge in [-0.15, -0.1) is 0 Å². The Labute approximate surface area is 132 Å². The van der Waals surface area contributed by atoms with Crippen molar-refractivity contribution in [2.24, 2.45) is 0 Å². The fourth-order valence-corrected chi connectivity index (χ4v) is 1.83. The molecule has 0 bridgehead atoms. The van der Waals surface area contributed by atoms with Gasteiger partial charge in [0, 0.05) is 6.08 Å². The molecule has 0 spiro atoms. The number of carbonyl (C=O) groups is 1. The van der Waals surface area contributed by atoms with Gasteiger partial charge in [-0.25, -0.2) is 4.98 Å². The van der Waals surface area contributed by atoms with Gasteiger partial charge in [0.15, 0.2) is 5.11 Å². The number of nitrogens with zero attached hydrogens (tertiary/aromatic N) is 1. The lowest BCUT2D eigenvalue weighted by molar-refractivity contribution is -0.115. The van der Waals surface area contributed by atoms with Gasteiger partial charge in [0.05, 0.1) is 11.9 Å². The normalized spacial score (nSPS) is 10.3. The molecule has 1 aromatic heterocycles. The Balaban J connectivity index is 1.86. The molecule has 0 saturated heterocycles. The number of nitrogens with one attached hydrogen (secondary N) is 2. The number of halogens is 1. The molecule has 0 unspecified atom stereocenters. The molecule has 0 atom stereocenters. The van der Waals surface area contributed by atoms with Crippen molar-refractivity contribution >= 4 is 46.6 Å². The van der Waals surface area contributed by atoms with E-state index in [1.807, 2.05) is 30.3 Å². The lowest BCUT2D eigenvalue weighted by atomic mass is 10.2. The Bertz CT molecular complexity index is 656. The summed E-state index contributed by atoms with van der Waals surface area (Å²) >= 11 is 10.7. The van der Waals surface area contributed by atoms with Gasteiger partial charge >= 0.3 is 0 Å². The summed E-state index contributed by atoms with van der Waals surface area (Å²) in [6.45, 7) is 0. The van der Waals surface area contributed by atoms with E-state index in [1.54, 1.807) is 18.2 Å². The molecule has 0 fully saturated rings. The fraction of sp³-hybridized carbons (Fsp3) is 0. The first-order valence-corrected chi connectivity index (χ1v) is 6.89. The summed E-state index contributed by atoms with van der Waals surface area (Å²) < 4.78 is 0. The Hall–Kier alpha value is -2.24. The molecule has 0 radical (unpaired) electrons. The van der Waals surface area contributed by atoms with E-state index in [-0.39, 0.29) is 11.0 Å². The van der Waals surface area contributed by atoms with Gasteiger partial charge in [-0.1, -0.05) is 41.9 Å². The van der Waals surface area contributed by atoms with Crippen LogP contribution in [-0.2, 0) is 4.79 Å². The average molecular weight is 318 g/mol. The Morgan fingerprint density at radius 3 is 2.62 bits per heavy atom. The smallest absolute Gasteiger partial charge is 0.250 e. The molecular weight excluding hydrogens is 306 g/mol. The van der Waals surface area contributed by atoms with Gasteiger partial charge in [-0.2, -0.15) is 0 Å². The second kappa shape index (κ2) is 7.52. The maximum atomic E-state index is 11.7. The van der Waals surface area contributed by atoms with E-state index in [0.29, 0.717) is 10.8 Å². The first kappa shape index (κ1) is 15.2. The number of aromatic nitrogens is 1. The summed E-state index contributed by atoms with van der Waals surface area (Å²) in [6.07, 6.45) is 4.66. The number of carbonyl (C=O) groups excluding carboxylic acids is 1. The Morgan fingerprint density at radius 1 is 1.19 bits per heavy atom. The minimum atomic E-state index is -0.307. The van der Waals surface area contributed by atoms with Crippen molar-refractivity contribution in [2.45, 2.75) is 0 Å². The highest BCUT2D eigenvalue weighted by Gasteiger charge is 2.01. The molecule has 2 N–H and O–H groups in total. The van der Waals surface area contributed by atoms with Crippen LogP contribution in [-0.4, -0.2) is 16.0 Å². The van der Waals surface area contributed by atoms with E-state index < -0.39 is 0 Å². The van der Waals surface area contributed by atoms with Crippen LogP contribution in [0.5, 0.6) is 0 Å². The minimum absolute atomic E-state index is 0.196. The van der Waals surface area contributed by atoms with E-state index in [4.69, 9.17) is 23.8 Å². The van der Waals surface area contributed by atoms with E-state index >= 15 is 0 Å². The van der Waals surface area contributed by atoms with Crippen LogP contribution in [0.1, 0.15) is 5.56 Å². The first-order chi connectivity index (χ1) is 10.1. The fourth-order valence-electron chi connectivity index (χ4n) is 1.50. The van der Waals surface area contributed by atoms with Crippen molar-refractivity contribution in [1.82, 2.24) is 10.3 Å². The summed E-state index contributed by atoms with van der Waals surface area (Å²) in [6, 6.07) is 12.9. The van der Waals surface area contributed by atoms with Crippen LogP contribution in [0.2, 0.25) is 5.15 Å². The maximum absolute atomic E-state index is 11.7. The summed E-state index contributed by atoms with van der Waals surface area (Å²) in [4.78, 5) is 15.6. The van der Waals surface area contributed by atoms with E-state index in [1.165, 1.54) is 12.3 Å². The summed E-state index contributed by atoms with van der Waals surface area (Å²) in [5, 5.41) is 5.98. The van der Waals surface area contributed by atoms with Gasteiger partial charge in [-0.05, 0) is 36.0 Å². The predicted octanol–water partition coefficient (Wildman–Crippen LogP) is 3.26. The van der Waals surface area contributed by atoms with Crippen LogP contribution in [0.3, 0.4) is 0 Å². The molecule has 0 aliphatic carbocycles. The Kier molecular flexibility index (Phi) is 5.43. The molecule has 21 heavy (non-hydrogen) atoms. The number of rotatable bonds is 3. The van der Waals surface area contributed by atoms with Crippen molar-refractivity contribution in [1.29, 1.82) is 0 Å². The number of thiocarbonyl (C=S) groups is 1. The number of benzene rings is 1. The highest BCUT2D eigenvalue weighted by molar-refractivity contribution is 7.80. The van der Waals surface area contributed by atoms with Crippen LogP contribution in [0.15, 0.2) is 54.7 Å². The minimum Gasteiger partial charge on any atom is -0.331 e. The zero-order valence-corrected chi connectivity index (χ0v) is 12.5. The van der Waals surface area contributed by atoms with Crippen molar-refractivity contribution < 1.29 is 4.79 Å². The third-order valence-electron chi connectivity index (χ3n) is 2.45. The van der Waals surface area contributed by atoms with Crippen molar-refractivity contribution in [2.75, 3.05) is 5.32 Å².